The lowest BCUT2D eigenvalue weighted by molar-refractivity contribution is 0.218. The fraction of sp³-hybridized carbons (Fsp3) is 0.500. The molecule has 8 nitrogen and oxygen atoms in total. The summed E-state index contributed by atoms with van der Waals surface area (Å²) in [7, 11) is 3.61. The first-order valence-electron chi connectivity index (χ1n) is 11.4. The number of urea groups is 1. The van der Waals surface area contributed by atoms with Crippen LogP contribution in [0.5, 0.6) is 0 Å². The Bertz CT molecular complexity index is 986. The molecule has 0 saturated carbocycles. The van der Waals surface area contributed by atoms with E-state index in [1.807, 2.05) is 39.8 Å². The van der Waals surface area contributed by atoms with Gasteiger partial charge in [-0.15, -0.1) is 0 Å². The topological polar surface area (TPSA) is 70.4 Å². The number of amides is 2. The highest BCUT2D eigenvalue weighted by atomic mass is 35.5. The van der Waals surface area contributed by atoms with E-state index in [9.17, 15) is 4.79 Å². The quantitative estimate of drug-likeness (QED) is 0.457. The normalized spacial score (nSPS) is 12.5. The van der Waals surface area contributed by atoms with Crippen LogP contribution in [-0.2, 0) is 7.05 Å². The molecule has 1 aliphatic heterocycles. The van der Waals surface area contributed by atoms with Crippen LogP contribution in [0.1, 0.15) is 45.9 Å². The number of carbonyl (C=O) groups is 1. The average molecular weight is 511 g/mol. The molecule has 0 bridgehead atoms. The maximum absolute atomic E-state index is 13.0. The average Bonchev–Trinajstić information content (AvgIpc) is 3.13. The number of nitrogens with zero attached hydrogens (tertiary/aromatic N) is 7. The fourth-order valence-corrected chi connectivity index (χ4v) is 3.46. The molecule has 0 unspecified atom stereocenters. The van der Waals surface area contributed by atoms with E-state index in [2.05, 4.69) is 35.8 Å². The second-order valence-electron chi connectivity index (χ2n) is 8.23. The van der Waals surface area contributed by atoms with Crippen LogP contribution < -0.4 is 9.91 Å². The monoisotopic (exact) mass is 509 g/mol. The van der Waals surface area contributed by atoms with Crippen LogP contribution in [0.15, 0.2) is 30.6 Å². The Morgan fingerprint density at radius 1 is 1.00 bits per heavy atom. The van der Waals surface area contributed by atoms with Gasteiger partial charge in [-0.3, -0.25) is 14.6 Å². The molecule has 1 fully saturated rings. The van der Waals surface area contributed by atoms with Gasteiger partial charge in [0, 0.05) is 20.6 Å². The molecule has 1 aliphatic rings. The fourth-order valence-electron chi connectivity index (χ4n) is 3.01. The molecule has 10 heteroatoms. The summed E-state index contributed by atoms with van der Waals surface area (Å²) in [6, 6.07) is 6.91. The van der Waals surface area contributed by atoms with Gasteiger partial charge in [0.25, 0.3) is 0 Å². The van der Waals surface area contributed by atoms with Gasteiger partial charge in [0.1, 0.15) is 22.5 Å². The number of hydrogen-bond acceptors (Lipinski definition) is 5. The molecule has 34 heavy (non-hydrogen) atoms. The predicted molar refractivity (Wildman–Crippen MR) is 142 cm³/mol. The lowest BCUT2D eigenvalue weighted by Crippen LogP contribution is -2.43. The third kappa shape index (κ3) is 8.99. The smallest absolute Gasteiger partial charge is 0.291 e. The molecule has 1 saturated heterocycles. The second-order valence-corrected chi connectivity index (χ2v) is 9.01. The number of halogens is 2. The summed E-state index contributed by atoms with van der Waals surface area (Å²) in [5.74, 6) is 1.45. The summed E-state index contributed by atoms with van der Waals surface area (Å²) in [4.78, 5) is 23.0. The Balaban J connectivity index is 0.000000872. The zero-order chi connectivity index (χ0) is 26.0. The van der Waals surface area contributed by atoms with Gasteiger partial charge in [0.05, 0.1) is 17.9 Å². The van der Waals surface area contributed by atoms with Gasteiger partial charge < -0.3 is 0 Å². The second kappa shape index (κ2) is 14.0. The van der Waals surface area contributed by atoms with Gasteiger partial charge in [-0.1, -0.05) is 57.8 Å². The summed E-state index contributed by atoms with van der Waals surface area (Å²) < 4.78 is 1.63. The largest absolute Gasteiger partial charge is 0.343 e. The van der Waals surface area contributed by atoms with Crippen molar-refractivity contribution in [3.05, 3.63) is 52.2 Å². The summed E-state index contributed by atoms with van der Waals surface area (Å²) in [6.45, 7) is 15.4. The zero-order valence-electron chi connectivity index (χ0n) is 21.7. The summed E-state index contributed by atoms with van der Waals surface area (Å²) in [6.07, 6.45) is 1.61. The van der Waals surface area contributed by atoms with Crippen LogP contribution in [0.2, 0.25) is 10.3 Å². The number of hydrazine groups is 1. The van der Waals surface area contributed by atoms with Crippen molar-refractivity contribution in [3.8, 4) is 0 Å². The van der Waals surface area contributed by atoms with Gasteiger partial charge >= 0.3 is 6.03 Å². The van der Waals surface area contributed by atoms with E-state index in [0.717, 1.165) is 17.2 Å². The van der Waals surface area contributed by atoms with E-state index >= 15 is 0 Å². The van der Waals surface area contributed by atoms with E-state index in [1.165, 1.54) is 0 Å². The minimum atomic E-state index is -0.195. The molecule has 3 heterocycles. The van der Waals surface area contributed by atoms with Crippen molar-refractivity contribution in [1.82, 2.24) is 24.8 Å². The van der Waals surface area contributed by atoms with Crippen LogP contribution in [0, 0.1) is 19.8 Å². The van der Waals surface area contributed by atoms with Crippen LogP contribution in [0.25, 0.3) is 0 Å². The summed E-state index contributed by atoms with van der Waals surface area (Å²) in [5.41, 5.74) is 2.45. The first-order valence-corrected chi connectivity index (χ1v) is 12.1. The Morgan fingerprint density at radius 3 is 2.12 bits per heavy atom. The first-order chi connectivity index (χ1) is 16.0. The predicted octanol–water partition coefficient (Wildman–Crippen LogP) is 6.24. The maximum atomic E-state index is 13.0. The van der Waals surface area contributed by atoms with Crippen molar-refractivity contribution >= 4 is 40.7 Å². The van der Waals surface area contributed by atoms with E-state index in [1.54, 1.807) is 52.2 Å². The summed E-state index contributed by atoms with van der Waals surface area (Å²) >= 11 is 12.0. The highest BCUT2D eigenvalue weighted by Gasteiger charge is 2.33. The standard InChI is InChI=1S/C18H21Cl2N7O.C4H10.C2H6/c1-12-7-13(2)23-24(3)11-21-17(8-12)25(4)27-6-5-26(18(27)28)14-9-15(19)22-16(20)10-14;1-4(2)3;1-2/h7-11H,5-6H2,1-4H3;4H,1-3H3;1-2H3. The first kappa shape index (κ1) is 29.5. The minimum Gasteiger partial charge on any atom is -0.291 e. The van der Waals surface area contributed by atoms with Crippen LogP contribution in [0.3, 0.4) is 0 Å². The molecule has 0 N–H and O–H groups in total. The van der Waals surface area contributed by atoms with Gasteiger partial charge in [0.15, 0.2) is 0 Å². The van der Waals surface area contributed by atoms with Crippen molar-refractivity contribution in [2.75, 3.05) is 30.0 Å². The molecule has 3 rings (SSSR count). The number of aromatic nitrogens is 4. The molecule has 2 aromatic rings. The zero-order valence-corrected chi connectivity index (χ0v) is 23.2. The molecular weight excluding hydrogens is 473 g/mol. The Hall–Kier alpha value is -2.58. The van der Waals surface area contributed by atoms with Gasteiger partial charge in [-0.05, 0) is 49.6 Å². The van der Waals surface area contributed by atoms with Crippen molar-refractivity contribution < 1.29 is 4.79 Å². The molecule has 0 radical (unpaired) electrons. The van der Waals surface area contributed by atoms with E-state index in [-0.39, 0.29) is 16.3 Å². The molecule has 2 amide bonds. The lowest BCUT2D eigenvalue weighted by atomic mass is 10.3. The van der Waals surface area contributed by atoms with Gasteiger partial charge in [-0.25, -0.2) is 19.8 Å². The number of anilines is 2. The Labute approximate surface area is 213 Å². The molecule has 2 aromatic heterocycles. The molecule has 0 spiro atoms. The summed E-state index contributed by atoms with van der Waals surface area (Å²) in [5, 5.41) is 8.20. The van der Waals surface area contributed by atoms with E-state index in [4.69, 9.17) is 23.2 Å². The molecule has 0 aliphatic carbocycles. The number of rotatable bonds is 3. The van der Waals surface area contributed by atoms with Crippen molar-refractivity contribution in [1.29, 1.82) is 0 Å². The molecule has 188 valence electrons. The van der Waals surface area contributed by atoms with Crippen molar-refractivity contribution in [2.45, 2.75) is 48.5 Å². The Kier molecular flexibility index (Phi) is 12.1. The number of hydrogen-bond donors (Lipinski definition) is 0. The third-order valence-electron chi connectivity index (χ3n) is 4.21. The Morgan fingerprint density at radius 2 is 1.56 bits per heavy atom. The van der Waals surface area contributed by atoms with E-state index < -0.39 is 0 Å². The highest BCUT2D eigenvalue weighted by Crippen LogP contribution is 2.27. The molecule has 0 atom stereocenters. The number of pyridine rings is 1. The lowest BCUT2D eigenvalue weighted by Gasteiger charge is -2.28. The van der Waals surface area contributed by atoms with Crippen molar-refractivity contribution in [2.24, 2.45) is 13.0 Å². The third-order valence-corrected chi connectivity index (χ3v) is 4.59. The molecular formula is C24H37Cl2N7O. The minimum absolute atomic E-state index is 0.195. The van der Waals surface area contributed by atoms with E-state index in [0.29, 0.717) is 24.6 Å². The SMILES string of the molecule is CC.CC(C)C.Cc1cc(C)nn(C)cnc(N(C)N2CCN(c3cc(Cl)nc(Cl)c3)C2=O)c1. The number of carbonyl (C=O) groups excluding carboxylic acids is 1. The number of aryl methyl sites for hydroxylation is 3. The molecule has 0 aromatic carbocycles. The van der Waals surface area contributed by atoms with Gasteiger partial charge in [0.2, 0.25) is 0 Å². The van der Waals surface area contributed by atoms with Crippen LogP contribution in [-0.4, -0.2) is 50.9 Å². The van der Waals surface area contributed by atoms with Crippen LogP contribution >= 0.6 is 23.2 Å². The van der Waals surface area contributed by atoms with Crippen molar-refractivity contribution in [3.63, 3.8) is 0 Å². The van der Waals surface area contributed by atoms with Gasteiger partial charge in [-0.2, -0.15) is 5.10 Å². The van der Waals surface area contributed by atoms with Crippen LogP contribution in [0.4, 0.5) is 16.3 Å². The maximum Gasteiger partial charge on any atom is 0.343 e. The highest BCUT2D eigenvalue weighted by molar-refractivity contribution is 6.33.